The van der Waals surface area contributed by atoms with Crippen molar-refractivity contribution in [1.82, 2.24) is 10.2 Å². The molecule has 0 spiro atoms. The van der Waals surface area contributed by atoms with Crippen LogP contribution in [0.5, 0.6) is 0 Å². The van der Waals surface area contributed by atoms with E-state index in [1.165, 1.54) is 6.07 Å². The van der Waals surface area contributed by atoms with Gasteiger partial charge in [-0.3, -0.25) is 19.8 Å². The van der Waals surface area contributed by atoms with Gasteiger partial charge in [0.15, 0.2) is 0 Å². The standard InChI is InChI=1S/C13H20N4O3/c1-3-7-16(9-12(18)15-2)8-10-5-4-6-11(13(10)14)17(19)20/h4-6H,3,7-9,14H2,1-2H3,(H,15,18). The van der Waals surface area contributed by atoms with Crippen LogP contribution >= 0.6 is 0 Å². The number of carbonyl (C=O) groups excluding carboxylic acids is 1. The normalized spacial score (nSPS) is 10.6. The summed E-state index contributed by atoms with van der Waals surface area (Å²) in [5, 5.41) is 13.4. The van der Waals surface area contributed by atoms with Crippen molar-refractivity contribution >= 4 is 17.3 Å². The van der Waals surface area contributed by atoms with Gasteiger partial charge in [0.25, 0.3) is 5.69 Å². The Balaban J connectivity index is 2.90. The van der Waals surface area contributed by atoms with Gasteiger partial charge in [0.1, 0.15) is 5.69 Å². The van der Waals surface area contributed by atoms with Gasteiger partial charge >= 0.3 is 0 Å². The summed E-state index contributed by atoms with van der Waals surface area (Å²) in [6.07, 6.45) is 0.881. The maximum Gasteiger partial charge on any atom is 0.292 e. The first-order valence-corrected chi connectivity index (χ1v) is 6.44. The Labute approximate surface area is 117 Å². The number of nitrogens with two attached hydrogens (primary N) is 1. The molecule has 0 aliphatic rings. The second-order valence-electron chi connectivity index (χ2n) is 4.49. The second-order valence-corrected chi connectivity index (χ2v) is 4.49. The van der Waals surface area contributed by atoms with Gasteiger partial charge in [-0.2, -0.15) is 0 Å². The molecule has 0 saturated heterocycles. The molecule has 0 aliphatic carbocycles. The summed E-state index contributed by atoms with van der Waals surface area (Å²) in [7, 11) is 1.58. The Morgan fingerprint density at radius 1 is 1.50 bits per heavy atom. The van der Waals surface area contributed by atoms with Crippen LogP contribution in [-0.2, 0) is 11.3 Å². The molecular weight excluding hydrogens is 260 g/mol. The van der Waals surface area contributed by atoms with Crippen LogP contribution in [0.2, 0.25) is 0 Å². The topological polar surface area (TPSA) is 102 Å². The number of hydrogen-bond acceptors (Lipinski definition) is 5. The lowest BCUT2D eigenvalue weighted by Gasteiger charge is -2.21. The zero-order valence-electron chi connectivity index (χ0n) is 11.8. The number of benzene rings is 1. The lowest BCUT2D eigenvalue weighted by Crippen LogP contribution is -2.35. The molecular formula is C13H20N4O3. The Morgan fingerprint density at radius 3 is 2.75 bits per heavy atom. The van der Waals surface area contributed by atoms with Gasteiger partial charge < -0.3 is 11.1 Å². The summed E-state index contributed by atoms with van der Waals surface area (Å²) in [6, 6.07) is 4.73. The number of nitrogens with zero attached hydrogens (tertiary/aromatic N) is 2. The highest BCUT2D eigenvalue weighted by molar-refractivity contribution is 5.77. The Hall–Kier alpha value is -2.15. The predicted octanol–water partition coefficient (Wildman–Crippen LogP) is 1.13. The van der Waals surface area contributed by atoms with E-state index in [2.05, 4.69) is 5.32 Å². The molecule has 0 saturated carbocycles. The fourth-order valence-electron chi connectivity index (χ4n) is 1.95. The van der Waals surface area contributed by atoms with E-state index < -0.39 is 4.92 Å². The van der Waals surface area contributed by atoms with Crippen LogP contribution < -0.4 is 11.1 Å². The molecule has 1 amide bonds. The zero-order chi connectivity index (χ0) is 15.1. The minimum atomic E-state index is -0.498. The molecule has 0 radical (unpaired) electrons. The van der Waals surface area contributed by atoms with Crippen LogP contribution in [-0.4, -0.2) is 35.9 Å². The monoisotopic (exact) mass is 280 g/mol. The van der Waals surface area contributed by atoms with Crippen molar-refractivity contribution in [2.75, 3.05) is 25.9 Å². The first-order chi connectivity index (χ1) is 9.49. The van der Waals surface area contributed by atoms with E-state index in [-0.39, 0.29) is 23.8 Å². The molecule has 0 fully saturated rings. The molecule has 7 nitrogen and oxygen atoms in total. The van der Waals surface area contributed by atoms with Crippen LogP contribution in [0.4, 0.5) is 11.4 Å². The molecule has 3 N–H and O–H groups in total. The molecule has 0 unspecified atom stereocenters. The second kappa shape index (κ2) is 7.44. The van der Waals surface area contributed by atoms with Crippen molar-refractivity contribution in [3.8, 4) is 0 Å². The van der Waals surface area contributed by atoms with Gasteiger partial charge in [-0.05, 0) is 18.5 Å². The largest absolute Gasteiger partial charge is 0.393 e. The van der Waals surface area contributed by atoms with Crippen molar-refractivity contribution < 1.29 is 9.72 Å². The number of rotatable bonds is 7. The van der Waals surface area contributed by atoms with Gasteiger partial charge in [-0.25, -0.2) is 0 Å². The van der Waals surface area contributed by atoms with Crippen molar-refractivity contribution in [1.29, 1.82) is 0 Å². The fraction of sp³-hybridized carbons (Fsp3) is 0.462. The summed E-state index contributed by atoms with van der Waals surface area (Å²) >= 11 is 0. The maximum atomic E-state index is 11.5. The molecule has 1 rings (SSSR count). The van der Waals surface area contributed by atoms with Crippen molar-refractivity contribution in [3.05, 3.63) is 33.9 Å². The van der Waals surface area contributed by atoms with Gasteiger partial charge in [0, 0.05) is 19.7 Å². The van der Waals surface area contributed by atoms with Gasteiger partial charge in [-0.1, -0.05) is 19.1 Å². The summed E-state index contributed by atoms with van der Waals surface area (Å²) in [5.74, 6) is -0.0950. The lowest BCUT2D eigenvalue weighted by molar-refractivity contribution is -0.384. The first kappa shape index (κ1) is 15.9. The number of nitro benzene ring substituents is 1. The van der Waals surface area contributed by atoms with E-state index in [9.17, 15) is 14.9 Å². The highest BCUT2D eigenvalue weighted by Crippen LogP contribution is 2.25. The van der Waals surface area contributed by atoms with Gasteiger partial charge in [0.05, 0.1) is 11.5 Å². The summed E-state index contributed by atoms with van der Waals surface area (Å²) in [4.78, 5) is 23.7. The fourth-order valence-corrected chi connectivity index (χ4v) is 1.95. The number of amides is 1. The van der Waals surface area contributed by atoms with E-state index in [1.54, 1.807) is 19.2 Å². The number of hydrogen-bond donors (Lipinski definition) is 2. The molecule has 110 valence electrons. The van der Waals surface area contributed by atoms with E-state index in [0.717, 1.165) is 13.0 Å². The minimum absolute atomic E-state index is 0.0950. The minimum Gasteiger partial charge on any atom is -0.393 e. The molecule has 7 heteroatoms. The predicted molar refractivity (Wildman–Crippen MR) is 77.1 cm³/mol. The molecule has 0 aromatic heterocycles. The summed E-state index contributed by atoms with van der Waals surface area (Å²) < 4.78 is 0. The van der Waals surface area contributed by atoms with E-state index in [0.29, 0.717) is 12.1 Å². The molecule has 0 aliphatic heterocycles. The molecule has 20 heavy (non-hydrogen) atoms. The smallest absolute Gasteiger partial charge is 0.292 e. The number of para-hydroxylation sites is 1. The van der Waals surface area contributed by atoms with E-state index in [4.69, 9.17) is 5.73 Å². The maximum absolute atomic E-state index is 11.5. The average Bonchev–Trinajstić information content (AvgIpc) is 2.40. The van der Waals surface area contributed by atoms with Crippen LogP contribution in [0.3, 0.4) is 0 Å². The Kier molecular flexibility index (Phi) is 5.92. The quantitative estimate of drug-likeness (QED) is 0.443. The zero-order valence-corrected chi connectivity index (χ0v) is 11.8. The number of anilines is 1. The molecule has 0 heterocycles. The molecule has 0 bridgehead atoms. The van der Waals surface area contributed by atoms with Crippen molar-refractivity contribution in [3.63, 3.8) is 0 Å². The SMILES string of the molecule is CCCN(CC(=O)NC)Cc1cccc([N+](=O)[O-])c1N. The summed E-state index contributed by atoms with van der Waals surface area (Å²) in [5.41, 5.74) is 6.55. The number of nitrogen functional groups attached to an aromatic ring is 1. The third-order valence-electron chi connectivity index (χ3n) is 2.95. The molecule has 0 atom stereocenters. The third kappa shape index (κ3) is 4.20. The van der Waals surface area contributed by atoms with Gasteiger partial charge in [-0.15, -0.1) is 0 Å². The first-order valence-electron chi connectivity index (χ1n) is 6.44. The van der Waals surface area contributed by atoms with Gasteiger partial charge in [0.2, 0.25) is 5.91 Å². The van der Waals surface area contributed by atoms with Crippen LogP contribution in [0.25, 0.3) is 0 Å². The van der Waals surface area contributed by atoms with Crippen molar-refractivity contribution in [2.24, 2.45) is 0 Å². The third-order valence-corrected chi connectivity index (χ3v) is 2.95. The highest BCUT2D eigenvalue weighted by Gasteiger charge is 2.17. The number of likely N-dealkylation sites (N-methyl/N-ethyl adjacent to an activating group) is 1. The van der Waals surface area contributed by atoms with Crippen LogP contribution in [0.1, 0.15) is 18.9 Å². The number of carbonyl (C=O) groups is 1. The molecule has 1 aromatic rings. The van der Waals surface area contributed by atoms with E-state index in [1.807, 2.05) is 11.8 Å². The Bertz CT molecular complexity index is 491. The number of nitrogens with one attached hydrogen (secondary N) is 1. The highest BCUT2D eigenvalue weighted by atomic mass is 16.6. The molecule has 1 aromatic carbocycles. The Morgan fingerprint density at radius 2 is 2.20 bits per heavy atom. The van der Waals surface area contributed by atoms with Crippen LogP contribution in [0, 0.1) is 10.1 Å². The summed E-state index contributed by atoms with van der Waals surface area (Å²) in [6.45, 7) is 3.38. The average molecular weight is 280 g/mol. The van der Waals surface area contributed by atoms with Crippen molar-refractivity contribution in [2.45, 2.75) is 19.9 Å². The van der Waals surface area contributed by atoms with Crippen LogP contribution in [0.15, 0.2) is 18.2 Å². The van der Waals surface area contributed by atoms with E-state index >= 15 is 0 Å². The number of nitro groups is 1. The lowest BCUT2D eigenvalue weighted by atomic mass is 10.1.